The second-order valence-corrected chi connectivity index (χ2v) is 7.26. The third-order valence-corrected chi connectivity index (χ3v) is 5.13. The molecule has 0 amide bonds. The van der Waals surface area contributed by atoms with E-state index in [0.29, 0.717) is 6.54 Å². The summed E-state index contributed by atoms with van der Waals surface area (Å²) in [6.07, 6.45) is 2.36. The largest absolute Gasteiger partial charge is 0.384 e. The molecule has 1 aromatic carbocycles. The molecular weight excluding hydrogens is 288 g/mol. The van der Waals surface area contributed by atoms with Gasteiger partial charge in [-0.05, 0) is 31.5 Å². The first-order valence-corrected chi connectivity index (χ1v) is 9.03. The van der Waals surface area contributed by atoms with Gasteiger partial charge >= 0.3 is 0 Å². The van der Waals surface area contributed by atoms with E-state index in [2.05, 4.69) is 21.8 Å². The molecule has 1 atom stereocenters. The fourth-order valence-corrected chi connectivity index (χ4v) is 3.60. The van der Waals surface area contributed by atoms with Crippen LogP contribution in [0, 0.1) is 0 Å². The van der Waals surface area contributed by atoms with Gasteiger partial charge in [-0.2, -0.15) is 0 Å². The molecule has 118 valence electrons. The van der Waals surface area contributed by atoms with Crippen LogP contribution in [0.3, 0.4) is 0 Å². The third kappa shape index (κ3) is 5.07. The molecule has 1 saturated heterocycles. The molecule has 1 fully saturated rings. The summed E-state index contributed by atoms with van der Waals surface area (Å²) in [7, 11) is -1.77. The minimum atomic E-state index is -3.28. The summed E-state index contributed by atoms with van der Waals surface area (Å²) in [5.41, 5.74) is 1.16. The van der Waals surface area contributed by atoms with Crippen LogP contribution in [-0.4, -0.2) is 52.4 Å². The average Bonchev–Trinajstić information content (AvgIpc) is 3.01. The summed E-state index contributed by atoms with van der Waals surface area (Å²) in [5.74, 6) is 0.00497. The second-order valence-electron chi connectivity index (χ2n) is 5.33. The molecular formula is C15H24N2O3S. The molecule has 0 aliphatic carbocycles. The first-order valence-electron chi connectivity index (χ1n) is 7.37. The highest BCUT2D eigenvalue weighted by atomic mass is 32.2. The predicted octanol–water partition coefficient (Wildman–Crippen LogP) is 1.39. The van der Waals surface area contributed by atoms with Crippen molar-refractivity contribution >= 4 is 10.0 Å². The maximum Gasteiger partial charge on any atom is 0.213 e. The van der Waals surface area contributed by atoms with Crippen LogP contribution in [0.15, 0.2) is 30.3 Å². The number of hydrogen-bond donors (Lipinski definition) is 1. The molecule has 6 heteroatoms. The fourth-order valence-electron chi connectivity index (χ4n) is 2.66. The molecule has 0 saturated carbocycles. The first kappa shape index (κ1) is 16.4. The van der Waals surface area contributed by atoms with Gasteiger partial charge in [-0.1, -0.05) is 30.3 Å². The zero-order valence-corrected chi connectivity index (χ0v) is 13.3. The van der Waals surface area contributed by atoms with Gasteiger partial charge in [0.25, 0.3) is 0 Å². The number of ether oxygens (including phenoxy) is 1. The molecule has 0 radical (unpaired) electrons. The highest BCUT2D eigenvalue weighted by molar-refractivity contribution is 7.89. The van der Waals surface area contributed by atoms with E-state index in [0.717, 1.165) is 18.7 Å². The highest BCUT2D eigenvalue weighted by Crippen LogP contribution is 2.24. The fraction of sp³-hybridized carbons (Fsp3) is 0.600. The van der Waals surface area contributed by atoms with Crippen LogP contribution in [-0.2, 0) is 14.8 Å². The van der Waals surface area contributed by atoms with E-state index in [1.165, 1.54) is 20.0 Å². The molecule has 1 aliphatic rings. The van der Waals surface area contributed by atoms with Gasteiger partial charge in [-0.15, -0.1) is 0 Å². The van der Waals surface area contributed by atoms with Crippen molar-refractivity contribution in [1.82, 2.24) is 9.62 Å². The van der Waals surface area contributed by atoms with Crippen molar-refractivity contribution in [2.75, 3.05) is 39.1 Å². The Morgan fingerprint density at radius 1 is 1.24 bits per heavy atom. The number of rotatable bonds is 8. The first-order chi connectivity index (χ1) is 10.1. The Kier molecular flexibility index (Phi) is 6.17. The molecule has 1 unspecified atom stereocenters. The standard InChI is InChI=1S/C15H24N2O3S/c1-20-11-12-21(18,19)16-13-15(17-9-5-6-10-17)14-7-3-2-4-8-14/h2-4,7-8,15-16H,5-6,9-13H2,1H3. The molecule has 5 nitrogen and oxygen atoms in total. The number of methoxy groups -OCH3 is 1. The molecule has 1 aliphatic heterocycles. The smallest absolute Gasteiger partial charge is 0.213 e. The van der Waals surface area contributed by atoms with E-state index in [9.17, 15) is 8.42 Å². The summed E-state index contributed by atoms with van der Waals surface area (Å²) in [5, 5.41) is 0. The maximum absolute atomic E-state index is 11.9. The lowest BCUT2D eigenvalue weighted by atomic mass is 10.1. The molecule has 2 rings (SSSR count). The summed E-state index contributed by atoms with van der Waals surface area (Å²) in [6, 6.07) is 10.2. The Labute approximate surface area is 127 Å². The van der Waals surface area contributed by atoms with Gasteiger partial charge < -0.3 is 4.74 Å². The Morgan fingerprint density at radius 3 is 2.52 bits per heavy atom. The number of benzene rings is 1. The lowest BCUT2D eigenvalue weighted by Crippen LogP contribution is -2.38. The van der Waals surface area contributed by atoms with Gasteiger partial charge in [-0.25, -0.2) is 13.1 Å². The summed E-state index contributed by atoms with van der Waals surface area (Å²) < 4.78 is 31.4. The van der Waals surface area contributed by atoms with Crippen molar-refractivity contribution < 1.29 is 13.2 Å². The molecule has 0 spiro atoms. The van der Waals surface area contributed by atoms with E-state index in [1.54, 1.807) is 0 Å². The zero-order chi connectivity index (χ0) is 15.1. The minimum absolute atomic E-state index is 0.00497. The van der Waals surface area contributed by atoms with Crippen LogP contribution in [0.1, 0.15) is 24.4 Å². The van der Waals surface area contributed by atoms with E-state index >= 15 is 0 Å². The van der Waals surface area contributed by atoms with Gasteiger partial charge in [-0.3, -0.25) is 4.90 Å². The van der Waals surface area contributed by atoms with E-state index in [4.69, 9.17) is 4.74 Å². The number of nitrogens with zero attached hydrogens (tertiary/aromatic N) is 1. The van der Waals surface area contributed by atoms with Crippen LogP contribution in [0.2, 0.25) is 0 Å². The van der Waals surface area contributed by atoms with E-state index < -0.39 is 10.0 Å². The van der Waals surface area contributed by atoms with Crippen LogP contribution >= 0.6 is 0 Å². The van der Waals surface area contributed by atoms with Gasteiger partial charge in [0.1, 0.15) is 0 Å². The normalized spacial score (nSPS) is 18.0. The van der Waals surface area contributed by atoms with Crippen molar-refractivity contribution in [2.24, 2.45) is 0 Å². The van der Waals surface area contributed by atoms with Crippen molar-refractivity contribution in [3.05, 3.63) is 35.9 Å². The third-order valence-electron chi connectivity index (χ3n) is 3.82. The Balaban J connectivity index is 2.03. The molecule has 1 aromatic rings. The predicted molar refractivity (Wildman–Crippen MR) is 83.7 cm³/mol. The zero-order valence-electron chi connectivity index (χ0n) is 12.5. The van der Waals surface area contributed by atoms with Crippen LogP contribution in [0.5, 0.6) is 0 Å². The summed E-state index contributed by atoms with van der Waals surface area (Å²) >= 11 is 0. The van der Waals surface area contributed by atoms with Crippen LogP contribution in [0.4, 0.5) is 0 Å². The van der Waals surface area contributed by atoms with Gasteiger partial charge in [0.05, 0.1) is 12.4 Å². The van der Waals surface area contributed by atoms with Crippen LogP contribution < -0.4 is 4.72 Å². The van der Waals surface area contributed by atoms with Crippen molar-refractivity contribution in [3.63, 3.8) is 0 Å². The quantitative estimate of drug-likeness (QED) is 0.788. The number of hydrogen-bond acceptors (Lipinski definition) is 4. The highest BCUT2D eigenvalue weighted by Gasteiger charge is 2.24. The lowest BCUT2D eigenvalue weighted by Gasteiger charge is -2.28. The average molecular weight is 312 g/mol. The molecule has 0 aromatic heterocycles. The second kappa shape index (κ2) is 7.89. The van der Waals surface area contributed by atoms with Crippen molar-refractivity contribution in [1.29, 1.82) is 0 Å². The van der Waals surface area contributed by atoms with Gasteiger partial charge in [0.15, 0.2) is 0 Å². The molecule has 21 heavy (non-hydrogen) atoms. The Hall–Kier alpha value is -0.950. The van der Waals surface area contributed by atoms with Crippen molar-refractivity contribution in [2.45, 2.75) is 18.9 Å². The maximum atomic E-state index is 11.9. The van der Waals surface area contributed by atoms with Crippen LogP contribution in [0.25, 0.3) is 0 Å². The molecule has 1 heterocycles. The summed E-state index contributed by atoms with van der Waals surface area (Å²) in [6.45, 7) is 2.68. The van der Waals surface area contributed by atoms with E-state index in [-0.39, 0.29) is 18.4 Å². The topological polar surface area (TPSA) is 58.6 Å². The molecule has 0 bridgehead atoms. The molecule has 1 N–H and O–H groups in total. The monoisotopic (exact) mass is 312 g/mol. The minimum Gasteiger partial charge on any atom is -0.384 e. The van der Waals surface area contributed by atoms with Crippen molar-refractivity contribution in [3.8, 4) is 0 Å². The Bertz CT molecular complexity index is 513. The number of nitrogens with one attached hydrogen (secondary N) is 1. The Morgan fingerprint density at radius 2 is 1.90 bits per heavy atom. The summed E-state index contributed by atoms with van der Waals surface area (Å²) in [4.78, 5) is 2.36. The van der Waals surface area contributed by atoms with E-state index in [1.807, 2.05) is 18.2 Å². The number of likely N-dealkylation sites (tertiary alicyclic amines) is 1. The van der Waals surface area contributed by atoms with Gasteiger partial charge in [0, 0.05) is 19.7 Å². The SMILES string of the molecule is COCCS(=O)(=O)NCC(c1ccccc1)N1CCCC1. The lowest BCUT2D eigenvalue weighted by molar-refractivity contribution is 0.216. The number of sulfonamides is 1. The van der Waals surface area contributed by atoms with Gasteiger partial charge in [0.2, 0.25) is 10.0 Å².